The average Bonchev–Trinajstić information content (AvgIpc) is 3.11. The molecule has 0 aromatic carbocycles. The first kappa shape index (κ1) is 21.5. The smallest absolute Gasteiger partial charge is 0.0721 e. The zero-order valence-electron chi connectivity index (χ0n) is 19.6. The molecular formula is C27H45NO2. The second-order valence-electron chi connectivity index (χ2n) is 12.3. The van der Waals surface area contributed by atoms with Crippen molar-refractivity contribution in [2.24, 2.45) is 40.4 Å². The third kappa shape index (κ3) is 3.25. The third-order valence-corrected chi connectivity index (χ3v) is 11.1. The van der Waals surface area contributed by atoms with E-state index in [1.165, 1.54) is 51.4 Å². The van der Waals surface area contributed by atoms with Crippen molar-refractivity contribution in [2.45, 2.75) is 110 Å². The number of allylic oxidation sites excluding steroid dienone is 1. The molecule has 3 saturated carbocycles. The maximum atomic E-state index is 11.3. The summed E-state index contributed by atoms with van der Waals surface area (Å²) >= 11 is 0. The van der Waals surface area contributed by atoms with Gasteiger partial charge in [-0.2, -0.15) is 0 Å². The molecular weight excluding hydrogens is 370 g/mol. The number of piperidine rings is 1. The van der Waals surface area contributed by atoms with Gasteiger partial charge in [-0.3, -0.25) is 0 Å². The summed E-state index contributed by atoms with van der Waals surface area (Å²) in [6.07, 6.45) is 15.6. The second kappa shape index (κ2) is 7.89. The highest BCUT2D eigenvalue weighted by Crippen LogP contribution is 2.67. The first-order valence-electron chi connectivity index (χ1n) is 13.1. The van der Waals surface area contributed by atoms with E-state index >= 15 is 0 Å². The first-order valence-corrected chi connectivity index (χ1v) is 13.1. The van der Waals surface area contributed by atoms with E-state index in [0.29, 0.717) is 28.7 Å². The van der Waals surface area contributed by atoms with E-state index in [1.807, 2.05) is 0 Å². The Morgan fingerprint density at radius 3 is 2.63 bits per heavy atom. The second-order valence-corrected chi connectivity index (χ2v) is 12.3. The Bertz CT molecular complexity index is 670. The fraction of sp³-hybridized carbons (Fsp3) is 0.926. The highest BCUT2D eigenvalue weighted by atomic mass is 16.3. The maximum Gasteiger partial charge on any atom is 0.0721 e. The summed E-state index contributed by atoms with van der Waals surface area (Å²) in [6, 6.07) is 0.306. The predicted molar refractivity (Wildman–Crippen MR) is 122 cm³/mol. The van der Waals surface area contributed by atoms with Gasteiger partial charge < -0.3 is 15.5 Å². The van der Waals surface area contributed by atoms with Crippen molar-refractivity contribution in [3.05, 3.63) is 11.6 Å². The Hall–Kier alpha value is -0.380. The molecule has 1 aliphatic heterocycles. The van der Waals surface area contributed by atoms with Crippen LogP contribution in [0.1, 0.15) is 91.4 Å². The minimum Gasteiger partial charge on any atom is -0.393 e. The van der Waals surface area contributed by atoms with Gasteiger partial charge >= 0.3 is 0 Å². The van der Waals surface area contributed by atoms with Crippen LogP contribution in [0.3, 0.4) is 0 Å². The van der Waals surface area contributed by atoms with E-state index in [-0.39, 0.29) is 12.2 Å². The quantitative estimate of drug-likeness (QED) is 0.564. The van der Waals surface area contributed by atoms with Crippen molar-refractivity contribution in [1.29, 1.82) is 0 Å². The van der Waals surface area contributed by atoms with Gasteiger partial charge in [0.1, 0.15) is 0 Å². The Morgan fingerprint density at radius 1 is 1.03 bits per heavy atom. The van der Waals surface area contributed by atoms with Gasteiger partial charge in [-0.1, -0.05) is 38.8 Å². The van der Waals surface area contributed by atoms with E-state index in [4.69, 9.17) is 0 Å². The molecule has 1 saturated heterocycles. The monoisotopic (exact) mass is 415 g/mol. The molecule has 1 unspecified atom stereocenters. The van der Waals surface area contributed by atoms with Gasteiger partial charge in [0.05, 0.1) is 12.2 Å². The molecule has 170 valence electrons. The SMILES string of the molecule is C[C@H]([C@H](O)C1CCCCN1)[C@H]1CC[C@H]2[C@@H]3CC=C4C[C@@H](O)CC[C@]4(C)[C@H]3CC[C@]12C. The van der Waals surface area contributed by atoms with E-state index in [9.17, 15) is 10.2 Å². The zero-order chi connectivity index (χ0) is 21.1. The highest BCUT2D eigenvalue weighted by Gasteiger charge is 2.59. The van der Waals surface area contributed by atoms with E-state index < -0.39 is 0 Å². The molecule has 4 aliphatic carbocycles. The normalized spacial score (nSPS) is 50.6. The lowest BCUT2D eigenvalue weighted by Crippen LogP contribution is -2.53. The van der Waals surface area contributed by atoms with Gasteiger partial charge in [0.25, 0.3) is 0 Å². The fourth-order valence-electron chi connectivity index (χ4n) is 9.32. The largest absolute Gasteiger partial charge is 0.393 e. The lowest BCUT2D eigenvalue weighted by atomic mass is 9.47. The summed E-state index contributed by atoms with van der Waals surface area (Å²) in [5, 5.41) is 25.1. The zero-order valence-corrected chi connectivity index (χ0v) is 19.6. The lowest BCUT2D eigenvalue weighted by Gasteiger charge is -2.58. The van der Waals surface area contributed by atoms with Crippen LogP contribution in [-0.2, 0) is 0 Å². The van der Waals surface area contributed by atoms with Gasteiger partial charge in [0.2, 0.25) is 0 Å². The maximum absolute atomic E-state index is 11.3. The molecule has 3 heteroatoms. The molecule has 30 heavy (non-hydrogen) atoms. The number of aliphatic hydroxyl groups is 2. The van der Waals surface area contributed by atoms with Crippen LogP contribution >= 0.6 is 0 Å². The molecule has 3 nitrogen and oxygen atoms in total. The third-order valence-electron chi connectivity index (χ3n) is 11.1. The molecule has 0 bridgehead atoms. The molecule has 3 N–H and O–H groups in total. The summed E-state index contributed by atoms with van der Waals surface area (Å²) in [4.78, 5) is 0. The molecule has 4 fully saturated rings. The molecule has 0 radical (unpaired) electrons. The lowest BCUT2D eigenvalue weighted by molar-refractivity contribution is -0.0713. The van der Waals surface area contributed by atoms with Crippen LogP contribution < -0.4 is 5.32 Å². The summed E-state index contributed by atoms with van der Waals surface area (Å²) in [7, 11) is 0. The fourth-order valence-corrected chi connectivity index (χ4v) is 9.32. The summed E-state index contributed by atoms with van der Waals surface area (Å²) in [6.45, 7) is 8.55. The molecule has 0 amide bonds. The van der Waals surface area contributed by atoms with Crippen LogP contribution in [-0.4, -0.2) is 35.0 Å². The average molecular weight is 416 g/mol. The predicted octanol–water partition coefficient (Wildman–Crippen LogP) is 5.07. The Labute approximate surface area is 184 Å². The number of hydrogen-bond donors (Lipinski definition) is 3. The van der Waals surface area contributed by atoms with Crippen molar-refractivity contribution >= 4 is 0 Å². The molecule has 5 aliphatic rings. The summed E-state index contributed by atoms with van der Waals surface area (Å²) in [5.74, 6) is 3.49. The minimum absolute atomic E-state index is 0.110. The van der Waals surface area contributed by atoms with Crippen molar-refractivity contribution in [3.8, 4) is 0 Å². The standard InChI is InChI=1S/C27H45NO2/c1-17(25(30)24-6-4-5-15-28-24)21-9-10-22-20-8-7-18-16-19(29)11-13-26(18,2)23(20)12-14-27(21,22)3/h7,17,19-25,28-30H,4-6,8-16H2,1-3H3/t17-,19-,20-,21+,22-,23-,24?,25-,26-,27+/m0/s1. The number of aliphatic hydroxyl groups excluding tert-OH is 2. The van der Waals surface area contributed by atoms with Crippen LogP contribution in [0.5, 0.6) is 0 Å². The number of nitrogens with one attached hydrogen (secondary N) is 1. The Morgan fingerprint density at radius 2 is 1.87 bits per heavy atom. The summed E-state index contributed by atoms with van der Waals surface area (Å²) < 4.78 is 0. The van der Waals surface area contributed by atoms with Gasteiger partial charge in [0, 0.05) is 6.04 Å². The van der Waals surface area contributed by atoms with Crippen LogP contribution in [0.15, 0.2) is 11.6 Å². The van der Waals surface area contributed by atoms with Crippen molar-refractivity contribution < 1.29 is 10.2 Å². The van der Waals surface area contributed by atoms with E-state index in [1.54, 1.807) is 5.57 Å². The van der Waals surface area contributed by atoms with Crippen molar-refractivity contribution in [2.75, 3.05) is 6.54 Å². The first-order chi connectivity index (χ1) is 14.3. The molecule has 5 rings (SSSR count). The molecule has 0 aromatic heterocycles. The van der Waals surface area contributed by atoms with Crippen LogP contribution in [0, 0.1) is 40.4 Å². The number of rotatable bonds is 3. The van der Waals surface area contributed by atoms with Gasteiger partial charge in [0.15, 0.2) is 0 Å². The molecule has 0 spiro atoms. The van der Waals surface area contributed by atoms with Gasteiger partial charge in [-0.15, -0.1) is 0 Å². The highest BCUT2D eigenvalue weighted by molar-refractivity contribution is 5.25. The van der Waals surface area contributed by atoms with Crippen LogP contribution in [0.4, 0.5) is 0 Å². The van der Waals surface area contributed by atoms with E-state index in [0.717, 1.165) is 43.6 Å². The molecule has 10 atom stereocenters. The Balaban J connectivity index is 1.35. The van der Waals surface area contributed by atoms with Gasteiger partial charge in [-0.05, 0) is 111 Å². The summed E-state index contributed by atoms with van der Waals surface area (Å²) in [5.41, 5.74) is 2.30. The molecule has 1 heterocycles. The Kier molecular flexibility index (Phi) is 5.64. The van der Waals surface area contributed by atoms with Gasteiger partial charge in [-0.25, -0.2) is 0 Å². The van der Waals surface area contributed by atoms with Crippen LogP contribution in [0.2, 0.25) is 0 Å². The topological polar surface area (TPSA) is 52.5 Å². The van der Waals surface area contributed by atoms with E-state index in [2.05, 4.69) is 32.2 Å². The number of fused-ring (bicyclic) bond motifs is 5. The van der Waals surface area contributed by atoms with Crippen LogP contribution in [0.25, 0.3) is 0 Å². The minimum atomic E-state index is -0.196. The van der Waals surface area contributed by atoms with Crippen molar-refractivity contribution in [3.63, 3.8) is 0 Å². The van der Waals surface area contributed by atoms with Crippen molar-refractivity contribution in [1.82, 2.24) is 5.32 Å². The molecule has 0 aromatic rings. The number of hydrogen-bond acceptors (Lipinski definition) is 3.